The van der Waals surface area contributed by atoms with Gasteiger partial charge in [0.05, 0.1) is 14.2 Å². The lowest BCUT2D eigenvalue weighted by atomic mass is 10.2. The summed E-state index contributed by atoms with van der Waals surface area (Å²) in [6, 6.07) is 12.8. The molecular weight excluding hydrogens is 374 g/mol. The largest absolute Gasteiger partial charge is 0.497 e. The lowest BCUT2D eigenvalue weighted by Crippen LogP contribution is -2.06. The van der Waals surface area contributed by atoms with Crippen molar-refractivity contribution in [3.8, 4) is 11.5 Å². The van der Waals surface area contributed by atoms with E-state index in [2.05, 4.69) is 20.9 Å². The molecule has 0 aliphatic carbocycles. The van der Waals surface area contributed by atoms with Gasteiger partial charge in [0.25, 0.3) is 0 Å². The molecule has 0 spiro atoms. The quantitative estimate of drug-likeness (QED) is 0.591. The van der Waals surface area contributed by atoms with Crippen LogP contribution in [0.3, 0.4) is 0 Å². The zero-order chi connectivity index (χ0) is 17.1. The van der Waals surface area contributed by atoms with E-state index < -0.39 is 5.97 Å². The predicted molar refractivity (Wildman–Crippen MR) is 94.3 cm³/mol. The van der Waals surface area contributed by atoms with Crippen molar-refractivity contribution in [2.45, 2.75) is 0 Å². The number of rotatable bonds is 4. The summed E-state index contributed by atoms with van der Waals surface area (Å²) in [6.45, 7) is 0. The van der Waals surface area contributed by atoms with Crippen LogP contribution in [0.15, 0.2) is 57.6 Å². The number of aliphatic imine (C=N–C) groups is 1. The molecule has 24 heavy (non-hydrogen) atoms. The zero-order valence-corrected chi connectivity index (χ0v) is 14.7. The van der Waals surface area contributed by atoms with Gasteiger partial charge in [-0.1, -0.05) is 28.1 Å². The molecule has 0 bridgehead atoms. The monoisotopic (exact) mass is 387 g/mol. The van der Waals surface area contributed by atoms with E-state index >= 15 is 0 Å². The van der Waals surface area contributed by atoms with Crippen LogP contribution in [0.25, 0.3) is 6.08 Å². The van der Waals surface area contributed by atoms with Gasteiger partial charge in [-0.3, -0.25) is 0 Å². The summed E-state index contributed by atoms with van der Waals surface area (Å²) in [6.07, 6.45) is 1.68. The molecule has 0 saturated carbocycles. The first-order valence-electron chi connectivity index (χ1n) is 7.10. The van der Waals surface area contributed by atoms with Gasteiger partial charge in [0, 0.05) is 16.1 Å². The molecule has 1 aliphatic heterocycles. The van der Waals surface area contributed by atoms with Crippen molar-refractivity contribution in [2.75, 3.05) is 14.2 Å². The molecule has 2 aromatic rings. The van der Waals surface area contributed by atoms with Crippen LogP contribution in [0.4, 0.5) is 0 Å². The van der Waals surface area contributed by atoms with E-state index in [1.54, 1.807) is 38.5 Å². The Hall–Kier alpha value is -2.60. The van der Waals surface area contributed by atoms with Crippen LogP contribution in [-0.2, 0) is 9.53 Å². The number of carbonyl (C=O) groups is 1. The van der Waals surface area contributed by atoms with Crippen molar-refractivity contribution in [3.05, 3.63) is 63.8 Å². The number of benzene rings is 2. The SMILES string of the molecule is COc1cc(OC)cc(C2=NC(=Cc3ccc(Br)cc3)C(=O)O2)c1. The summed E-state index contributed by atoms with van der Waals surface area (Å²) < 4.78 is 16.7. The third-order valence-corrected chi connectivity index (χ3v) is 3.92. The summed E-state index contributed by atoms with van der Waals surface area (Å²) in [5, 5.41) is 0. The smallest absolute Gasteiger partial charge is 0.363 e. The zero-order valence-electron chi connectivity index (χ0n) is 13.1. The predicted octanol–water partition coefficient (Wildman–Crippen LogP) is 3.81. The highest BCUT2D eigenvalue weighted by molar-refractivity contribution is 9.10. The Balaban J connectivity index is 1.95. The molecule has 1 aliphatic rings. The topological polar surface area (TPSA) is 57.1 Å². The molecule has 0 saturated heterocycles. The fourth-order valence-electron chi connectivity index (χ4n) is 2.18. The number of hydrogen-bond acceptors (Lipinski definition) is 5. The summed E-state index contributed by atoms with van der Waals surface area (Å²) in [4.78, 5) is 16.4. The third-order valence-electron chi connectivity index (χ3n) is 3.39. The Bertz CT molecular complexity index is 818. The van der Waals surface area contributed by atoms with Crippen LogP contribution < -0.4 is 9.47 Å². The number of esters is 1. The fraction of sp³-hybridized carbons (Fsp3) is 0.111. The van der Waals surface area contributed by atoms with Gasteiger partial charge in [0.1, 0.15) is 11.5 Å². The molecule has 0 unspecified atom stereocenters. The Morgan fingerprint density at radius 3 is 2.25 bits per heavy atom. The van der Waals surface area contributed by atoms with Crippen molar-refractivity contribution in [1.82, 2.24) is 0 Å². The number of hydrogen-bond donors (Lipinski definition) is 0. The first kappa shape index (κ1) is 16.3. The van der Waals surface area contributed by atoms with E-state index in [0.29, 0.717) is 17.1 Å². The maximum atomic E-state index is 12.1. The molecule has 0 fully saturated rings. The second kappa shape index (κ2) is 6.88. The average Bonchev–Trinajstić information content (AvgIpc) is 2.97. The van der Waals surface area contributed by atoms with Gasteiger partial charge in [-0.2, -0.15) is 0 Å². The second-order valence-electron chi connectivity index (χ2n) is 4.99. The van der Waals surface area contributed by atoms with Gasteiger partial charge in [-0.25, -0.2) is 9.79 Å². The number of cyclic esters (lactones) is 1. The van der Waals surface area contributed by atoms with Gasteiger partial charge in [0.2, 0.25) is 5.90 Å². The second-order valence-corrected chi connectivity index (χ2v) is 5.90. The molecule has 122 valence electrons. The number of methoxy groups -OCH3 is 2. The van der Waals surface area contributed by atoms with Crippen LogP contribution >= 0.6 is 15.9 Å². The number of halogens is 1. The number of nitrogens with zero attached hydrogens (tertiary/aromatic N) is 1. The first-order valence-corrected chi connectivity index (χ1v) is 7.90. The van der Waals surface area contributed by atoms with Gasteiger partial charge in [-0.05, 0) is 35.9 Å². The molecule has 2 aromatic carbocycles. The molecular formula is C18H14BrNO4. The Morgan fingerprint density at radius 1 is 1.04 bits per heavy atom. The highest BCUT2D eigenvalue weighted by atomic mass is 79.9. The van der Waals surface area contributed by atoms with Gasteiger partial charge in [0.15, 0.2) is 5.70 Å². The molecule has 3 rings (SSSR count). The normalized spacial score (nSPS) is 15.2. The summed E-state index contributed by atoms with van der Waals surface area (Å²) >= 11 is 3.37. The van der Waals surface area contributed by atoms with Gasteiger partial charge >= 0.3 is 5.97 Å². The average molecular weight is 388 g/mol. The van der Waals surface area contributed by atoms with Crippen molar-refractivity contribution in [1.29, 1.82) is 0 Å². The van der Waals surface area contributed by atoms with Crippen LogP contribution in [0.2, 0.25) is 0 Å². The highest BCUT2D eigenvalue weighted by Gasteiger charge is 2.25. The molecule has 1 heterocycles. The molecule has 0 radical (unpaired) electrons. The summed E-state index contributed by atoms with van der Waals surface area (Å²) in [7, 11) is 3.11. The van der Waals surface area contributed by atoms with E-state index in [1.165, 1.54) is 0 Å². The summed E-state index contributed by atoms with van der Waals surface area (Å²) in [5.41, 5.74) is 1.71. The van der Waals surface area contributed by atoms with E-state index in [0.717, 1.165) is 10.0 Å². The molecule has 0 aromatic heterocycles. The van der Waals surface area contributed by atoms with Crippen LogP contribution in [0, 0.1) is 0 Å². The lowest BCUT2D eigenvalue weighted by Gasteiger charge is -2.07. The Morgan fingerprint density at radius 2 is 1.67 bits per heavy atom. The van der Waals surface area contributed by atoms with Crippen molar-refractivity contribution >= 4 is 33.9 Å². The lowest BCUT2D eigenvalue weighted by molar-refractivity contribution is -0.129. The van der Waals surface area contributed by atoms with Crippen molar-refractivity contribution in [3.63, 3.8) is 0 Å². The van der Waals surface area contributed by atoms with Crippen molar-refractivity contribution < 1.29 is 19.0 Å². The van der Waals surface area contributed by atoms with E-state index in [4.69, 9.17) is 14.2 Å². The van der Waals surface area contributed by atoms with Crippen molar-refractivity contribution in [2.24, 2.45) is 4.99 Å². The molecule has 0 N–H and O–H groups in total. The Kier molecular flexibility index (Phi) is 4.66. The molecule has 0 amide bonds. The minimum Gasteiger partial charge on any atom is -0.497 e. The highest BCUT2D eigenvalue weighted by Crippen LogP contribution is 2.26. The van der Waals surface area contributed by atoms with Gasteiger partial charge in [-0.15, -0.1) is 0 Å². The maximum absolute atomic E-state index is 12.1. The van der Waals surface area contributed by atoms with Crippen LogP contribution in [0.1, 0.15) is 11.1 Å². The standard InChI is InChI=1S/C18H14BrNO4/c1-22-14-8-12(9-15(10-14)23-2)17-20-16(18(21)24-17)7-11-3-5-13(19)6-4-11/h3-10H,1-2H3. The minimum absolute atomic E-state index is 0.223. The van der Waals surface area contributed by atoms with Crippen LogP contribution in [-0.4, -0.2) is 26.1 Å². The number of carbonyl (C=O) groups excluding carboxylic acids is 1. The third kappa shape index (κ3) is 3.49. The minimum atomic E-state index is -0.491. The molecule has 6 heteroatoms. The fourth-order valence-corrected chi connectivity index (χ4v) is 2.44. The van der Waals surface area contributed by atoms with E-state index in [1.807, 2.05) is 24.3 Å². The number of ether oxygens (including phenoxy) is 3. The first-order chi connectivity index (χ1) is 11.6. The van der Waals surface area contributed by atoms with E-state index in [-0.39, 0.29) is 11.6 Å². The van der Waals surface area contributed by atoms with Gasteiger partial charge < -0.3 is 14.2 Å². The Labute approximate surface area is 147 Å². The maximum Gasteiger partial charge on any atom is 0.363 e. The van der Waals surface area contributed by atoms with Crippen LogP contribution in [0.5, 0.6) is 11.5 Å². The molecule has 0 atom stereocenters. The summed E-state index contributed by atoms with van der Waals surface area (Å²) in [5.74, 6) is 0.914. The van der Waals surface area contributed by atoms with E-state index in [9.17, 15) is 4.79 Å². The molecule has 5 nitrogen and oxygen atoms in total.